The first-order valence-electron chi connectivity index (χ1n) is 9.01. The van der Waals surface area contributed by atoms with Gasteiger partial charge in [0, 0.05) is 25.5 Å². The van der Waals surface area contributed by atoms with Crippen molar-refractivity contribution in [1.29, 1.82) is 0 Å². The van der Waals surface area contributed by atoms with Crippen LogP contribution in [0.3, 0.4) is 0 Å². The number of benzene rings is 1. The van der Waals surface area contributed by atoms with Crippen LogP contribution in [0.1, 0.15) is 50.0 Å². The van der Waals surface area contributed by atoms with Crippen LogP contribution in [0.5, 0.6) is 0 Å². The third kappa shape index (κ3) is 4.54. The summed E-state index contributed by atoms with van der Waals surface area (Å²) in [6.45, 7) is 0.138. The summed E-state index contributed by atoms with van der Waals surface area (Å²) in [5, 5.41) is 13.5. The Morgan fingerprint density at radius 2 is 2.08 bits per heavy atom. The van der Waals surface area contributed by atoms with Gasteiger partial charge in [-0.05, 0) is 37.3 Å². The second-order valence-corrected chi connectivity index (χ2v) is 7.77. The monoisotopic (exact) mass is 346 g/mol. The fraction of sp³-hybridized carbons (Fsp3) is 0.579. The van der Waals surface area contributed by atoms with E-state index in [1.807, 2.05) is 18.2 Å². The maximum atomic E-state index is 12.3. The Balaban J connectivity index is 1.53. The van der Waals surface area contributed by atoms with Gasteiger partial charge in [0.1, 0.15) is 0 Å². The first-order chi connectivity index (χ1) is 11.8. The molecule has 1 aromatic heterocycles. The van der Waals surface area contributed by atoms with Gasteiger partial charge in [-0.15, -0.1) is 11.3 Å². The summed E-state index contributed by atoms with van der Waals surface area (Å²) in [5.74, 6) is 0.607. The minimum atomic E-state index is 0.0817. The van der Waals surface area contributed by atoms with Gasteiger partial charge in [-0.2, -0.15) is 0 Å². The Bertz CT molecular complexity index is 631. The number of hydrogen-bond acceptors (Lipinski definition) is 4. The van der Waals surface area contributed by atoms with Gasteiger partial charge in [0.05, 0.1) is 15.2 Å². The lowest BCUT2D eigenvalue weighted by molar-refractivity contribution is -0.122. The van der Waals surface area contributed by atoms with Crippen molar-refractivity contribution in [2.45, 2.75) is 57.4 Å². The molecule has 1 aliphatic rings. The van der Waals surface area contributed by atoms with Crippen molar-refractivity contribution < 1.29 is 9.90 Å². The summed E-state index contributed by atoms with van der Waals surface area (Å²) in [6, 6.07) is 8.20. The largest absolute Gasteiger partial charge is 0.396 e. The maximum Gasteiger partial charge on any atom is 0.220 e. The van der Waals surface area contributed by atoms with Crippen molar-refractivity contribution in [3.63, 3.8) is 0 Å². The highest BCUT2D eigenvalue weighted by Crippen LogP contribution is 2.28. The van der Waals surface area contributed by atoms with Crippen LogP contribution in [0, 0.1) is 5.92 Å². The number of rotatable bonds is 7. The molecule has 0 aliphatic heterocycles. The van der Waals surface area contributed by atoms with Gasteiger partial charge in [-0.3, -0.25) is 4.79 Å². The zero-order valence-electron chi connectivity index (χ0n) is 14.0. The molecule has 1 amide bonds. The molecule has 1 saturated carbocycles. The average molecular weight is 346 g/mol. The Morgan fingerprint density at radius 3 is 2.83 bits per heavy atom. The molecule has 1 heterocycles. The van der Waals surface area contributed by atoms with E-state index in [1.54, 1.807) is 11.3 Å². The number of carbonyl (C=O) groups is 1. The normalized spacial score (nSPS) is 17.0. The molecule has 1 fully saturated rings. The van der Waals surface area contributed by atoms with Crippen molar-refractivity contribution in [3.05, 3.63) is 29.3 Å². The molecule has 2 N–H and O–H groups in total. The highest BCUT2D eigenvalue weighted by atomic mass is 32.1. The molecule has 1 aliphatic carbocycles. The number of nitrogens with zero attached hydrogens (tertiary/aromatic N) is 1. The molecule has 1 aromatic carbocycles. The van der Waals surface area contributed by atoms with Gasteiger partial charge in [-0.25, -0.2) is 4.98 Å². The summed E-state index contributed by atoms with van der Waals surface area (Å²) >= 11 is 1.67. The van der Waals surface area contributed by atoms with Gasteiger partial charge in [0.15, 0.2) is 0 Å². The van der Waals surface area contributed by atoms with Crippen molar-refractivity contribution in [2.24, 2.45) is 5.92 Å². The third-order valence-corrected chi connectivity index (χ3v) is 6.01. The number of carbonyl (C=O) groups excluding carboxylic acids is 1. The quantitative estimate of drug-likeness (QED) is 0.804. The lowest BCUT2D eigenvalue weighted by Gasteiger charge is -2.30. The van der Waals surface area contributed by atoms with Crippen LogP contribution in [0.4, 0.5) is 0 Å². The van der Waals surface area contributed by atoms with Crippen molar-refractivity contribution >= 4 is 27.5 Å². The van der Waals surface area contributed by atoms with E-state index in [0.717, 1.165) is 10.5 Å². The zero-order valence-corrected chi connectivity index (χ0v) is 14.9. The maximum absolute atomic E-state index is 12.3. The number of amides is 1. The lowest BCUT2D eigenvalue weighted by atomic mass is 9.82. The molecular weight excluding hydrogens is 320 g/mol. The van der Waals surface area contributed by atoms with Gasteiger partial charge < -0.3 is 10.4 Å². The molecule has 0 bridgehead atoms. The molecule has 1 atom stereocenters. The Hall–Kier alpha value is -1.46. The van der Waals surface area contributed by atoms with Crippen LogP contribution in [-0.4, -0.2) is 28.6 Å². The summed E-state index contributed by atoms with van der Waals surface area (Å²) in [4.78, 5) is 16.9. The van der Waals surface area contributed by atoms with Crippen molar-refractivity contribution in [3.8, 4) is 0 Å². The van der Waals surface area contributed by atoms with Gasteiger partial charge in [-0.1, -0.05) is 31.4 Å². The molecular formula is C19H26N2O2S. The number of aryl methyl sites for hydroxylation is 1. The molecule has 5 heteroatoms. The van der Waals surface area contributed by atoms with E-state index < -0.39 is 0 Å². The van der Waals surface area contributed by atoms with Crippen LogP contribution in [0.15, 0.2) is 24.3 Å². The van der Waals surface area contributed by atoms with Crippen LogP contribution in [0.25, 0.3) is 10.2 Å². The SMILES string of the molecule is O=C(CCc1nc2ccccc2s1)NC(CCO)C1CCCCC1. The Labute approximate surface area is 147 Å². The highest BCUT2D eigenvalue weighted by Gasteiger charge is 2.24. The molecule has 24 heavy (non-hydrogen) atoms. The summed E-state index contributed by atoms with van der Waals surface area (Å²) < 4.78 is 1.17. The highest BCUT2D eigenvalue weighted by molar-refractivity contribution is 7.18. The molecule has 130 valence electrons. The fourth-order valence-electron chi connectivity index (χ4n) is 3.63. The summed E-state index contributed by atoms with van der Waals surface area (Å²) in [7, 11) is 0. The minimum Gasteiger partial charge on any atom is -0.396 e. The van der Waals surface area contributed by atoms with E-state index in [1.165, 1.54) is 36.8 Å². The van der Waals surface area contributed by atoms with E-state index in [-0.39, 0.29) is 18.6 Å². The molecule has 1 unspecified atom stereocenters. The number of aliphatic hydroxyl groups excluding tert-OH is 1. The summed E-state index contributed by atoms with van der Waals surface area (Å²) in [5.41, 5.74) is 1.01. The number of aromatic nitrogens is 1. The minimum absolute atomic E-state index is 0.0817. The number of aliphatic hydroxyl groups is 1. The zero-order chi connectivity index (χ0) is 16.8. The van der Waals surface area contributed by atoms with Gasteiger partial charge in [0.2, 0.25) is 5.91 Å². The number of fused-ring (bicyclic) bond motifs is 1. The van der Waals surface area contributed by atoms with E-state index >= 15 is 0 Å². The van der Waals surface area contributed by atoms with E-state index in [4.69, 9.17) is 0 Å². The topological polar surface area (TPSA) is 62.2 Å². The molecule has 4 nitrogen and oxygen atoms in total. The Kier molecular flexibility index (Phi) is 6.21. The van der Waals surface area contributed by atoms with E-state index in [0.29, 0.717) is 25.2 Å². The predicted molar refractivity (Wildman–Crippen MR) is 98.1 cm³/mol. The van der Waals surface area contributed by atoms with Crippen LogP contribution in [0.2, 0.25) is 0 Å². The van der Waals surface area contributed by atoms with Crippen LogP contribution in [-0.2, 0) is 11.2 Å². The Morgan fingerprint density at radius 1 is 1.29 bits per heavy atom. The molecule has 3 rings (SSSR count). The van der Waals surface area contributed by atoms with Crippen molar-refractivity contribution in [1.82, 2.24) is 10.3 Å². The van der Waals surface area contributed by atoms with Gasteiger partial charge in [0.25, 0.3) is 0 Å². The first-order valence-corrected chi connectivity index (χ1v) is 9.82. The molecule has 0 saturated heterocycles. The molecule has 0 radical (unpaired) electrons. The molecule has 0 spiro atoms. The first kappa shape index (κ1) is 17.4. The van der Waals surface area contributed by atoms with E-state index in [2.05, 4.69) is 16.4 Å². The predicted octanol–water partition coefficient (Wildman–Crippen LogP) is 3.68. The number of nitrogens with one attached hydrogen (secondary N) is 1. The lowest BCUT2D eigenvalue weighted by Crippen LogP contribution is -2.41. The number of para-hydroxylation sites is 1. The van der Waals surface area contributed by atoms with Crippen LogP contribution >= 0.6 is 11.3 Å². The number of hydrogen-bond donors (Lipinski definition) is 2. The van der Waals surface area contributed by atoms with Crippen LogP contribution < -0.4 is 5.32 Å². The second kappa shape index (κ2) is 8.58. The number of thiazole rings is 1. The second-order valence-electron chi connectivity index (χ2n) is 6.66. The molecule has 2 aromatic rings. The third-order valence-electron chi connectivity index (χ3n) is 4.91. The van der Waals surface area contributed by atoms with Gasteiger partial charge >= 0.3 is 0 Å². The average Bonchev–Trinajstić information content (AvgIpc) is 3.03. The standard InChI is InChI=1S/C19H26N2O2S/c22-13-12-15(14-6-2-1-3-7-14)20-18(23)10-11-19-21-16-8-4-5-9-17(16)24-19/h4-5,8-9,14-15,22H,1-3,6-7,10-13H2,(H,20,23). The van der Waals surface area contributed by atoms with E-state index in [9.17, 15) is 9.90 Å². The fourth-order valence-corrected chi connectivity index (χ4v) is 4.59. The summed E-state index contributed by atoms with van der Waals surface area (Å²) in [6.07, 6.45) is 7.94. The van der Waals surface area contributed by atoms with Crippen molar-refractivity contribution in [2.75, 3.05) is 6.61 Å². The smallest absolute Gasteiger partial charge is 0.220 e.